The van der Waals surface area contributed by atoms with Gasteiger partial charge in [-0.3, -0.25) is 9.59 Å². The van der Waals surface area contributed by atoms with E-state index in [4.69, 9.17) is 9.47 Å². The molecule has 8 nitrogen and oxygen atoms in total. The Morgan fingerprint density at radius 2 is 1.88 bits per heavy atom. The van der Waals surface area contributed by atoms with E-state index < -0.39 is 0 Å². The fourth-order valence-electron chi connectivity index (χ4n) is 3.57. The van der Waals surface area contributed by atoms with Gasteiger partial charge in [-0.15, -0.1) is 0 Å². The van der Waals surface area contributed by atoms with Gasteiger partial charge in [0, 0.05) is 37.5 Å². The predicted octanol–water partition coefficient (Wildman–Crippen LogP) is 3.42. The summed E-state index contributed by atoms with van der Waals surface area (Å²) in [6, 6.07) is 13.1. The molecule has 2 heterocycles. The highest BCUT2D eigenvalue weighted by atomic mass is 19.1. The van der Waals surface area contributed by atoms with Gasteiger partial charge in [0.2, 0.25) is 5.91 Å². The quantitative estimate of drug-likeness (QED) is 0.410. The van der Waals surface area contributed by atoms with Gasteiger partial charge in [0.15, 0.2) is 11.5 Å². The summed E-state index contributed by atoms with van der Waals surface area (Å²) in [5, 5.41) is 7.25. The van der Waals surface area contributed by atoms with E-state index >= 15 is 0 Å². The second-order valence-corrected chi connectivity index (χ2v) is 7.61. The Kier molecular flexibility index (Phi) is 6.91. The van der Waals surface area contributed by atoms with E-state index in [1.165, 1.54) is 21.2 Å². The fourth-order valence-corrected chi connectivity index (χ4v) is 3.57. The third-order valence-electron chi connectivity index (χ3n) is 5.34. The van der Waals surface area contributed by atoms with E-state index in [-0.39, 0.29) is 30.2 Å². The lowest BCUT2D eigenvalue weighted by atomic mass is 10.1. The highest BCUT2D eigenvalue weighted by Gasteiger charge is 2.11. The number of hydrogen-bond acceptors (Lipinski definition) is 5. The number of hydrogen-bond donors (Lipinski definition) is 1. The Balaban J connectivity index is 1.39. The maximum Gasteiger partial charge on any atom is 0.276 e. The number of carbonyl (C=O) groups excluding carboxylic acids is 1. The number of rotatable bonds is 9. The standard InChI is InChI=1S/C25H25FN4O4/c1-3-34-23-14-17(4-9-22(23)33-2)16-27-24(31)10-11-29-12-13-30-21(25(29)32)15-20(28-30)18-5-7-19(26)8-6-18/h4-9,12-15H,3,10-11,16H2,1-2H3,(H,27,31). The normalized spacial score (nSPS) is 10.9. The lowest BCUT2D eigenvalue weighted by molar-refractivity contribution is -0.121. The molecule has 0 aliphatic carbocycles. The summed E-state index contributed by atoms with van der Waals surface area (Å²) in [7, 11) is 1.58. The molecule has 0 atom stereocenters. The van der Waals surface area contributed by atoms with E-state index in [2.05, 4.69) is 10.4 Å². The van der Waals surface area contributed by atoms with Crippen LogP contribution in [0.15, 0.2) is 65.7 Å². The summed E-state index contributed by atoms with van der Waals surface area (Å²) in [4.78, 5) is 25.2. The molecule has 0 fully saturated rings. The summed E-state index contributed by atoms with van der Waals surface area (Å²) in [6.45, 7) is 2.96. The van der Waals surface area contributed by atoms with Crippen LogP contribution in [-0.4, -0.2) is 33.8 Å². The maximum atomic E-state index is 13.2. The highest BCUT2D eigenvalue weighted by molar-refractivity contribution is 5.75. The Morgan fingerprint density at radius 3 is 2.62 bits per heavy atom. The number of aromatic nitrogens is 3. The van der Waals surface area contributed by atoms with Crippen LogP contribution >= 0.6 is 0 Å². The minimum Gasteiger partial charge on any atom is -0.493 e. The zero-order valence-electron chi connectivity index (χ0n) is 19.0. The van der Waals surface area contributed by atoms with E-state index in [0.717, 1.165) is 5.56 Å². The first-order chi connectivity index (χ1) is 16.5. The minimum absolute atomic E-state index is 0.142. The highest BCUT2D eigenvalue weighted by Crippen LogP contribution is 2.28. The Labute approximate surface area is 195 Å². The van der Waals surface area contributed by atoms with Crippen LogP contribution < -0.4 is 20.3 Å². The lowest BCUT2D eigenvalue weighted by Crippen LogP contribution is -2.27. The van der Waals surface area contributed by atoms with Gasteiger partial charge < -0.3 is 19.4 Å². The monoisotopic (exact) mass is 464 g/mol. The van der Waals surface area contributed by atoms with E-state index in [9.17, 15) is 14.0 Å². The third kappa shape index (κ3) is 5.09. The Bertz CT molecular complexity index is 1360. The van der Waals surface area contributed by atoms with Gasteiger partial charge in [-0.1, -0.05) is 6.07 Å². The second-order valence-electron chi connectivity index (χ2n) is 7.61. The van der Waals surface area contributed by atoms with Gasteiger partial charge in [-0.25, -0.2) is 8.91 Å². The number of nitrogens with zero attached hydrogens (tertiary/aromatic N) is 3. The minimum atomic E-state index is -0.338. The molecule has 0 radical (unpaired) electrons. The summed E-state index contributed by atoms with van der Waals surface area (Å²) < 4.78 is 27.0. The van der Waals surface area contributed by atoms with Gasteiger partial charge in [0.05, 0.1) is 19.4 Å². The lowest BCUT2D eigenvalue weighted by Gasteiger charge is -2.12. The van der Waals surface area contributed by atoms with Crippen molar-refractivity contribution in [2.24, 2.45) is 0 Å². The van der Waals surface area contributed by atoms with Crippen molar-refractivity contribution >= 4 is 11.4 Å². The van der Waals surface area contributed by atoms with Crippen LogP contribution in [0.4, 0.5) is 4.39 Å². The Hall–Kier alpha value is -4.14. The van der Waals surface area contributed by atoms with Crippen molar-refractivity contribution in [3.63, 3.8) is 0 Å². The third-order valence-corrected chi connectivity index (χ3v) is 5.34. The molecular formula is C25H25FN4O4. The molecule has 0 saturated heterocycles. The van der Waals surface area contributed by atoms with Crippen molar-refractivity contribution in [2.75, 3.05) is 13.7 Å². The number of methoxy groups -OCH3 is 1. The van der Waals surface area contributed by atoms with Gasteiger partial charge in [0.1, 0.15) is 11.3 Å². The number of carbonyl (C=O) groups is 1. The summed E-state index contributed by atoms with van der Waals surface area (Å²) in [6.07, 6.45) is 3.40. The predicted molar refractivity (Wildman–Crippen MR) is 125 cm³/mol. The first-order valence-electron chi connectivity index (χ1n) is 10.9. The Morgan fingerprint density at radius 1 is 1.09 bits per heavy atom. The molecule has 9 heteroatoms. The summed E-state index contributed by atoms with van der Waals surface area (Å²) in [5.74, 6) is 0.738. The number of benzene rings is 2. The van der Waals surface area contributed by atoms with Crippen molar-refractivity contribution in [3.8, 4) is 22.8 Å². The van der Waals surface area contributed by atoms with Crippen molar-refractivity contribution in [1.82, 2.24) is 19.5 Å². The number of fused-ring (bicyclic) bond motifs is 1. The van der Waals surface area contributed by atoms with Crippen molar-refractivity contribution in [1.29, 1.82) is 0 Å². The van der Waals surface area contributed by atoms with Crippen LogP contribution in [0.1, 0.15) is 18.9 Å². The molecule has 176 valence electrons. The number of halogens is 1. The molecule has 0 spiro atoms. The van der Waals surface area contributed by atoms with E-state index in [1.807, 2.05) is 19.1 Å². The summed E-state index contributed by atoms with van der Waals surface area (Å²) >= 11 is 0. The van der Waals surface area contributed by atoms with Crippen molar-refractivity contribution < 1.29 is 18.7 Å². The second kappa shape index (κ2) is 10.2. The van der Waals surface area contributed by atoms with Crippen LogP contribution in [0.5, 0.6) is 11.5 Å². The average Bonchev–Trinajstić information content (AvgIpc) is 3.28. The molecular weight excluding hydrogens is 439 g/mol. The van der Waals surface area contributed by atoms with Crippen LogP contribution in [0.2, 0.25) is 0 Å². The number of nitrogens with one attached hydrogen (secondary N) is 1. The number of amides is 1. The molecule has 2 aromatic carbocycles. The van der Waals surface area contributed by atoms with Crippen LogP contribution in [-0.2, 0) is 17.9 Å². The number of ether oxygens (including phenoxy) is 2. The zero-order chi connectivity index (χ0) is 24.1. The van der Waals surface area contributed by atoms with Gasteiger partial charge in [-0.2, -0.15) is 5.10 Å². The van der Waals surface area contributed by atoms with Crippen LogP contribution in [0, 0.1) is 5.82 Å². The first kappa shape index (κ1) is 23.0. The smallest absolute Gasteiger partial charge is 0.276 e. The van der Waals surface area contributed by atoms with Gasteiger partial charge >= 0.3 is 0 Å². The fraction of sp³-hybridized carbons (Fsp3) is 0.240. The topological polar surface area (TPSA) is 86.9 Å². The molecule has 2 aromatic heterocycles. The first-order valence-corrected chi connectivity index (χ1v) is 10.9. The van der Waals surface area contributed by atoms with E-state index in [0.29, 0.717) is 41.4 Å². The van der Waals surface area contributed by atoms with Crippen molar-refractivity contribution in [3.05, 3.63) is 82.7 Å². The van der Waals surface area contributed by atoms with Crippen LogP contribution in [0.25, 0.3) is 16.8 Å². The van der Waals surface area contributed by atoms with E-state index in [1.54, 1.807) is 43.8 Å². The van der Waals surface area contributed by atoms with Crippen LogP contribution in [0.3, 0.4) is 0 Å². The zero-order valence-corrected chi connectivity index (χ0v) is 19.0. The van der Waals surface area contributed by atoms with Gasteiger partial charge in [0.25, 0.3) is 5.56 Å². The molecule has 0 unspecified atom stereocenters. The molecule has 4 rings (SSSR count). The molecule has 0 aliphatic rings. The SMILES string of the molecule is CCOc1cc(CNC(=O)CCn2ccn3nc(-c4ccc(F)cc4)cc3c2=O)ccc1OC. The molecule has 0 saturated carbocycles. The average molecular weight is 464 g/mol. The van der Waals surface area contributed by atoms with Crippen molar-refractivity contribution in [2.45, 2.75) is 26.4 Å². The molecule has 1 amide bonds. The molecule has 34 heavy (non-hydrogen) atoms. The number of aryl methyl sites for hydroxylation is 1. The van der Waals surface area contributed by atoms with Gasteiger partial charge in [-0.05, 0) is 55.0 Å². The molecule has 0 bridgehead atoms. The maximum absolute atomic E-state index is 13.2. The molecule has 4 aromatic rings. The molecule has 1 N–H and O–H groups in total. The molecule has 0 aliphatic heterocycles. The largest absolute Gasteiger partial charge is 0.493 e. The summed E-state index contributed by atoms with van der Waals surface area (Å²) in [5.41, 5.74) is 2.28.